The highest BCUT2D eigenvalue weighted by Gasteiger charge is 2.08. The van der Waals surface area contributed by atoms with Crippen molar-refractivity contribution < 1.29 is 13.9 Å². The van der Waals surface area contributed by atoms with Crippen LogP contribution in [0.4, 0.5) is 10.1 Å². The maximum Gasteiger partial charge on any atom is 0.227 e. The molecule has 2 rings (SSSR count). The Kier molecular flexibility index (Phi) is 5.39. The number of amides is 1. The molecular formula is C17H17ClFNO2. The third kappa shape index (κ3) is 4.46. The van der Waals surface area contributed by atoms with E-state index < -0.39 is 5.82 Å². The highest BCUT2D eigenvalue weighted by molar-refractivity contribution is 6.33. The van der Waals surface area contributed by atoms with Crippen molar-refractivity contribution >= 4 is 23.2 Å². The summed E-state index contributed by atoms with van der Waals surface area (Å²) in [6.07, 6.45) is 0.182. The topological polar surface area (TPSA) is 38.3 Å². The zero-order valence-electron chi connectivity index (χ0n) is 12.5. The van der Waals surface area contributed by atoms with Crippen molar-refractivity contribution in [3.8, 4) is 5.75 Å². The van der Waals surface area contributed by atoms with Crippen LogP contribution in [0.25, 0.3) is 0 Å². The molecule has 1 amide bonds. The summed E-state index contributed by atoms with van der Waals surface area (Å²) in [6.45, 7) is 4.19. The Morgan fingerprint density at radius 2 is 2.00 bits per heavy atom. The van der Waals surface area contributed by atoms with E-state index in [1.165, 1.54) is 12.1 Å². The fraction of sp³-hybridized carbons (Fsp3) is 0.235. The molecule has 0 saturated carbocycles. The average Bonchev–Trinajstić information content (AvgIpc) is 2.46. The molecule has 1 N–H and O–H groups in total. The van der Waals surface area contributed by atoms with Crippen LogP contribution in [-0.2, 0) is 4.79 Å². The third-order valence-corrected chi connectivity index (χ3v) is 3.45. The van der Waals surface area contributed by atoms with E-state index in [-0.39, 0.29) is 24.0 Å². The summed E-state index contributed by atoms with van der Waals surface area (Å²) in [5.74, 6) is 0.0904. The molecule has 0 aliphatic rings. The van der Waals surface area contributed by atoms with Gasteiger partial charge in [-0.05, 0) is 49.2 Å². The van der Waals surface area contributed by atoms with Gasteiger partial charge in [-0.2, -0.15) is 0 Å². The van der Waals surface area contributed by atoms with Gasteiger partial charge in [0, 0.05) is 0 Å². The molecule has 0 saturated heterocycles. The summed E-state index contributed by atoms with van der Waals surface area (Å²) in [5, 5.41) is 2.80. The Labute approximate surface area is 134 Å². The number of carbonyl (C=O) groups excluding carboxylic acids is 1. The number of carbonyl (C=O) groups is 1. The summed E-state index contributed by atoms with van der Waals surface area (Å²) >= 11 is 5.86. The monoisotopic (exact) mass is 321 g/mol. The predicted octanol–water partition coefficient (Wildman–Crippen LogP) is 4.50. The van der Waals surface area contributed by atoms with Crippen molar-refractivity contribution in [1.82, 2.24) is 0 Å². The number of anilines is 1. The van der Waals surface area contributed by atoms with E-state index in [0.29, 0.717) is 5.69 Å². The van der Waals surface area contributed by atoms with Crippen molar-refractivity contribution in [2.75, 3.05) is 11.9 Å². The van der Waals surface area contributed by atoms with Gasteiger partial charge in [0.1, 0.15) is 11.6 Å². The summed E-state index contributed by atoms with van der Waals surface area (Å²) < 4.78 is 18.6. The van der Waals surface area contributed by atoms with E-state index in [1.54, 1.807) is 0 Å². The Morgan fingerprint density at radius 1 is 1.23 bits per heavy atom. The van der Waals surface area contributed by atoms with Gasteiger partial charge in [0.05, 0.1) is 23.7 Å². The first-order valence-electron chi connectivity index (χ1n) is 6.90. The normalized spacial score (nSPS) is 10.4. The molecule has 0 spiro atoms. The smallest absolute Gasteiger partial charge is 0.227 e. The van der Waals surface area contributed by atoms with Gasteiger partial charge in [0.2, 0.25) is 5.91 Å². The Balaban J connectivity index is 1.86. The molecule has 0 aromatic heterocycles. The van der Waals surface area contributed by atoms with Crippen LogP contribution in [0, 0.1) is 19.7 Å². The first-order valence-corrected chi connectivity index (χ1v) is 7.28. The number of benzene rings is 2. The molecule has 2 aromatic carbocycles. The Hall–Kier alpha value is -2.07. The summed E-state index contributed by atoms with van der Waals surface area (Å²) in [7, 11) is 0. The van der Waals surface area contributed by atoms with Crippen LogP contribution in [0.1, 0.15) is 17.5 Å². The van der Waals surface area contributed by atoms with E-state index in [1.807, 2.05) is 32.0 Å². The van der Waals surface area contributed by atoms with Crippen molar-refractivity contribution in [3.63, 3.8) is 0 Å². The molecule has 5 heteroatoms. The quantitative estimate of drug-likeness (QED) is 0.880. The van der Waals surface area contributed by atoms with Gasteiger partial charge in [0.25, 0.3) is 0 Å². The number of halogens is 2. The molecule has 0 fully saturated rings. The molecule has 116 valence electrons. The van der Waals surface area contributed by atoms with E-state index in [9.17, 15) is 9.18 Å². The van der Waals surface area contributed by atoms with Gasteiger partial charge in [0.15, 0.2) is 0 Å². The van der Waals surface area contributed by atoms with Crippen LogP contribution in [0.15, 0.2) is 36.4 Å². The third-order valence-electron chi connectivity index (χ3n) is 3.14. The summed E-state index contributed by atoms with van der Waals surface area (Å²) in [6, 6.07) is 9.75. The van der Waals surface area contributed by atoms with Crippen molar-refractivity contribution in [1.29, 1.82) is 0 Å². The lowest BCUT2D eigenvalue weighted by Gasteiger charge is -2.11. The van der Waals surface area contributed by atoms with Crippen LogP contribution < -0.4 is 10.1 Å². The predicted molar refractivity (Wildman–Crippen MR) is 86.1 cm³/mol. The number of rotatable bonds is 5. The lowest BCUT2D eigenvalue weighted by molar-refractivity contribution is -0.116. The molecule has 2 aromatic rings. The number of ether oxygens (including phenoxy) is 1. The highest BCUT2D eigenvalue weighted by atomic mass is 35.5. The van der Waals surface area contributed by atoms with Crippen LogP contribution in [0.5, 0.6) is 5.75 Å². The minimum Gasteiger partial charge on any atom is -0.493 e. The molecule has 22 heavy (non-hydrogen) atoms. The van der Waals surface area contributed by atoms with Crippen LogP contribution in [0.2, 0.25) is 5.02 Å². The van der Waals surface area contributed by atoms with Crippen molar-refractivity contribution in [2.24, 2.45) is 0 Å². The highest BCUT2D eigenvalue weighted by Crippen LogP contribution is 2.23. The fourth-order valence-corrected chi connectivity index (χ4v) is 2.13. The van der Waals surface area contributed by atoms with E-state index >= 15 is 0 Å². The minimum absolute atomic E-state index is 0.170. The zero-order valence-corrected chi connectivity index (χ0v) is 13.2. The lowest BCUT2D eigenvalue weighted by Crippen LogP contribution is -2.15. The molecule has 0 bridgehead atoms. The second kappa shape index (κ2) is 7.27. The van der Waals surface area contributed by atoms with Gasteiger partial charge in [-0.3, -0.25) is 4.79 Å². The molecule has 0 heterocycles. The molecule has 3 nitrogen and oxygen atoms in total. The largest absolute Gasteiger partial charge is 0.493 e. The van der Waals surface area contributed by atoms with E-state index in [0.717, 1.165) is 22.9 Å². The Bertz CT molecular complexity index is 688. The number of nitrogens with one attached hydrogen (secondary N) is 1. The first kappa shape index (κ1) is 16.3. The summed E-state index contributed by atoms with van der Waals surface area (Å²) in [4.78, 5) is 11.8. The SMILES string of the molecule is Cc1ccc(C)c(OCCC(=O)Nc2ccc(F)cc2Cl)c1. The number of hydrogen-bond acceptors (Lipinski definition) is 2. The first-order chi connectivity index (χ1) is 10.5. The van der Waals surface area contributed by atoms with Crippen molar-refractivity contribution in [3.05, 3.63) is 58.4 Å². The molecular weight excluding hydrogens is 305 g/mol. The average molecular weight is 322 g/mol. The van der Waals surface area contributed by atoms with Crippen LogP contribution in [-0.4, -0.2) is 12.5 Å². The van der Waals surface area contributed by atoms with Crippen LogP contribution in [0.3, 0.4) is 0 Å². The fourth-order valence-electron chi connectivity index (χ4n) is 1.92. The molecule has 0 aliphatic heterocycles. The zero-order chi connectivity index (χ0) is 16.1. The van der Waals surface area contributed by atoms with Gasteiger partial charge in [-0.25, -0.2) is 4.39 Å². The minimum atomic E-state index is -0.443. The van der Waals surface area contributed by atoms with E-state index in [4.69, 9.17) is 16.3 Å². The lowest BCUT2D eigenvalue weighted by atomic mass is 10.1. The molecule has 0 unspecified atom stereocenters. The van der Waals surface area contributed by atoms with Gasteiger partial charge >= 0.3 is 0 Å². The van der Waals surface area contributed by atoms with Gasteiger partial charge in [-0.15, -0.1) is 0 Å². The number of hydrogen-bond donors (Lipinski definition) is 1. The second-order valence-corrected chi connectivity index (χ2v) is 5.45. The molecule has 0 aliphatic carbocycles. The molecule has 0 radical (unpaired) electrons. The number of aryl methyl sites for hydroxylation is 2. The maximum absolute atomic E-state index is 12.9. The standard InChI is InChI=1S/C17H17ClFNO2/c1-11-3-4-12(2)16(9-11)22-8-7-17(21)20-15-6-5-13(19)10-14(15)18/h3-6,9-10H,7-8H2,1-2H3,(H,20,21). The van der Waals surface area contributed by atoms with Crippen molar-refractivity contribution in [2.45, 2.75) is 20.3 Å². The van der Waals surface area contributed by atoms with E-state index in [2.05, 4.69) is 5.32 Å². The maximum atomic E-state index is 12.9. The second-order valence-electron chi connectivity index (χ2n) is 5.04. The molecule has 0 atom stereocenters. The van der Waals surface area contributed by atoms with Crippen LogP contribution >= 0.6 is 11.6 Å². The van der Waals surface area contributed by atoms with Gasteiger partial charge in [-0.1, -0.05) is 23.7 Å². The van der Waals surface area contributed by atoms with Gasteiger partial charge < -0.3 is 10.1 Å². The summed E-state index contributed by atoms with van der Waals surface area (Å²) in [5.41, 5.74) is 2.51. The Morgan fingerprint density at radius 3 is 2.73 bits per heavy atom.